The average molecular weight is 398 g/mol. The van der Waals surface area contributed by atoms with Gasteiger partial charge in [-0.2, -0.15) is 0 Å². The Bertz CT molecular complexity index is 1160. The van der Waals surface area contributed by atoms with Crippen LogP contribution < -0.4 is 15.7 Å². The van der Waals surface area contributed by atoms with Gasteiger partial charge in [-0.15, -0.1) is 0 Å². The van der Waals surface area contributed by atoms with E-state index in [9.17, 15) is 13.2 Å². The summed E-state index contributed by atoms with van der Waals surface area (Å²) >= 11 is 0. The van der Waals surface area contributed by atoms with Gasteiger partial charge in [-0.3, -0.25) is 4.72 Å². The van der Waals surface area contributed by atoms with Gasteiger partial charge in [-0.05, 0) is 44.0 Å². The predicted octanol–water partition coefficient (Wildman–Crippen LogP) is 4.26. The first kappa shape index (κ1) is 18.6. The molecule has 0 unspecified atom stereocenters. The topological polar surface area (TPSA) is 88.4 Å². The van der Waals surface area contributed by atoms with Crippen LogP contribution in [0.15, 0.2) is 62.6 Å². The molecule has 1 aliphatic carbocycles. The van der Waals surface area contributed by atoms with Crippen molar-refractivity contribution in [1.82, 2.24) is 0 Å². The summed E-state index contributed by atoms with van der Waals surface area (Å²) in [5, 5.41) is 4.07. The first-order valence-electron chi connectivity index (χ1n) is 9.36. The van der Waals surface area contributed by atoms with E-state index in [1.165, 1.54) is 12.1 Å². The van der Waals surface area contributed by atoms with Crippen molar-refractivity contribution in [3.63, 3.8) is 0 Å². The van der Waals surface area contributed by atoms with Crippen LogP contribution in [0.4, 0.5) is 11.4 Å². The van der Waals surface area contributed by atoms with Gasteiger partial charge < -0.3 is 9.73 Å². The molecule has 1 fully saturated rings. The molecule has 4 rings (SSSR count). The van der Waals surface area contributed by atoms with Crippen LogP contribution in [-0.4, -0.2) is 14.5 Å². The van der Waals surface area contributed by atoms with E-state index in [1.807, 2.05) is 19.1 Å². The predicted molar refractivity (Wildman–Crippen MR) is 110 cm³/mol. The zero-order valence-corrected chi connectivity index (χ0v) is 16.4. The third kappa shape index (κ3) is 3.62. The van der Waals surface area contributed by atoms with E-state index in [-0.39, 0.29) is 16.6 Å². The maximum absolute atomic E-state index is 12.9. The van der Waals surface area contributed by atoms with E-state index in [0.29, 0.717) is 16.7 Å². The Morgan fingerprint density at radius 1 is 0.964 bits per heavy atom. The summed E-state index contributed by atoms with van der Waals surface area (Å²) in [6.07, 6.45) is 4.19. The second-order valence-electron chi connectivity index (χ2n) is 7.18. The van der Waals surface area contributed by atoms with Crippen molar-refractivity contribution < 1.29 is 12.8 Å². The monoisotopic (exact) mass is 398 g/mol. The number of benzene rings is 2. The molecule has 2 N–H and O–H groups in total. The summed E-state index contributed by atoms with van der Waals surface area (Å²) in [6, 6.07) is 13.8. The Morgan fingerprint density at radius 3 is 2.36 bits per heavy atom. The van der Waals surface area contributed by atoms with Crippen LogP contribution in [0.1, 0.15) is 31.2 Å². The van der Waals surface area contributed by atoms with Gasteiger partial charge in [-0.25, -0.2) is 13.2 Å². The Morgan fingerprint density at radius 2 is 1.64 bits per heavy atom. The molecule has 1 aromatic heterocycles. The van der Waals surface area contributed by atoms with Crippen molar-refractivity contribution in [2.75, 3.05) is 10.0 Å². The lowest BCUT2D eigenvalue weighted by Crippen LogP contribution is -2.23. The summed E-state index contributed by atoms with van der Waals surface area (Å²) in [7, 11) is -3.93. The molecule has 0 spiro atoms. The molecule has 0 saturated heterocycles. The normalized spacial score (nSPS) is 15.0. The summed E-state index contributed by atoms with van der Waals surface area (Å²) in [5.41, 5.74) is 1.06. The van der Waals surface area contributed by atoms with Gasteiger partial charge in [0.05, 0.1) is 10.6 Å². The zero-order chi connectivity index (χ0) is 19.7. The van der Waals surface area contributed by atoms with Gasteiger partial charge >= 0.3 is 5.63 Å². The molecular weight excluding hydrogens is 376 g/mol. The molecule has 1 heterocycles. The van der Waals surface area contributed by atoms with Crippen LogP contribution >= 0.6 is 0 Å². The number of para-hydroxylation sites is 1. The molecule has 6 nitrogen and oxygen atoms in total. The summed E-state index contributed by atoms with van der Waals surface area (Å²) < 4.78 is 33.6. The zero-order valence-electron chi connectivity index (χ0n) is 15.6. The van der Waals surface area contributed by atoms with Crippen molar-refractivity contribution in [2.24, 2.45) is 0 Å². The highest BCUT2D eigenvalue weighted by atomic mass is 32.2. The smallest absolute Gasteiger partial charge is 0.363 e. The molecule has 3 aromatic rings. The SMILES string of the molecule is Cc1ccc(S(=O)(=O)Nc2c(NC3CCCC3)c3ccccc3oc2=O)cc1. The number of rotatable bonds is 5. The minimum Gasteiger partial charge on any atom is -0.421 e. The molecule has 7 heteroatoms. The summed E-state index contributed by atoms with van der Waals surface area (Å²) in [4.78, 5) is 12.8. The number of anilines is 2. The molecule has 0 bridgehead atoms. The molecule has 1 aliphatic rings. The Balaban J connectivity index is 1.82. The lowest BCUT2D eigenvalue weighted by molar-refractivity contribution is 0.562. The highest BCUT2D eigenvalue weighted by Crippen LogP contribution is 2.33. The minimum absolute atomic E-state index is 0.0776. The average Bonchev–Trinajstić information content (AvgIpc) is 3.18. The van der Waals surface area contributed by atoms with Gasteiger partial charge in [-0.1, -0.05) is 42.7 Å². The first-order chi connectivity index (χ1) is 13.4. The van der Waals surface area contributed by atoms with E-state index >= 15 is 0 Å². The molecule has 1 saturated carbocycles. The van der Waals surface area contributed by atoms with E-state index in [0.717, 1.165) is 31.2 Å². The van der Waals surface area contributed by atoms with Gasteiger partial charge in [0.1, 0.15) is 5.58 Å². The Labute approximate surface area is 163 Å². The molecule has 0 amide bonds. The number of nitrogens with one attached hydrogen (secondary N) is 2. The summed E-state index contributed by atoms with van der Waals surface area (Å²) in [5.74, 6) is 0. The minimum atomic E-state index is -3.93. The molecule has 28 heavy (non-hydrogen) atoms. The van der Waals surface area contributed by atoms with Crippen LogP contribution in [0.5, 0.6) is 0 Å². The van der Waals surface area contributed by atoms with Crippen LogP contribution in [-0.2, 0) is 10.0 Å². The highest BCUT2D eigenvalue weighted by molar-refractivity contribution is 7.92. The fourth-order valence-electron chi connectivity index (χ4n) is 3.58. The van der Waals surface area contributed by atoms with E-state index in [1.54, 1.807) is 24.3 Å². The van der Waals surface area contributed by atoms with E-state index in [2.05, 4.69) is 10.0 Å². The van der Waals surface area contributed by atoms with Crippen molar-refractivity contribution in [2.45, 2.75) is 43.5 Å². The molecule has 146 valence electrons. The Kier molecular flexibility index (Phi) is 4.85. The third-order valence-corrected chi connectivity index (χ3v) is 6.45. The van der Waals surface area contributed by atoms with Crippen LogP contribution in [0.3, 0.4) is 0 Å². The highest BCUT2D eigenvalue weighted by Gasteiger charge is 2.24. The number of fused-ring (bicyclic) bond motifs is 1. The maximum atomic E-state index is 12.9. The van der Waals surface area contributed by atoms with Crippen molar-refractivity contribution in [3.05, 3.63) is 64.5 Å². The van der Waals surface area contributed by atoms with Gasteiger partial charge in [0, 0.05) is 11.4 Å². The second kappa shape index (κ2) is 7.31. The number of hydrogen-bond donors (Lipinski definition) is 2. The molecule has 0 atom stereocenters. The maximum Gasteiger partial charge on any atom is 0.363 e. The van der Waals surface area contributed by atoms with Crippen molar-refractivity contribution in [3.8, 4) is 0 Å². The van der Waals surface area contributed by atoms with Crippen molar-refractivity contribution >= 4 is 32.4 Å². The van der Waals surface area contributed by atoms with Crippen molar-refractivity contribution in [1.29, 1.82) is 0 Å². The largest absolute Gasteiger partial charge is 0.421 e. The second-order valence-corrected chi connectivity index (χ2v) is 8.86. The van der Waals surface area contributed by atoms with Crippen LogP contribution in [0.2, 0.25) is 0 Å². The summed E-state index contributed by atoms with van der Waals surface area (Å²) in [6.45, 7) is 1.88. The molecule has 2 aromatic carbocycles. The third-order valence-electron chi connectivity index (χ3n) is 5.08. The van der Waals surface area contributed by atoms with E-state index in [4.69, 9.17) is 4.42 Å². The Hall–Kier alpha value is -2.80. The standard InChI is InChI=1S/C21H22N2O4S/c1-14-10-12-16(13-11-14)28(25,26)23-20-19(22-15-6-2-3-7-15)17-8-4-5-9-18(17)27-21(20)24/h4-5,8-13,15,22-23H,2-3,6-7H2,1H3. The lowest BCUT2D eigenvalue weighted by Gasteiger charge is -2.19. The first-order valence-corrected chi connectivity index (χ1v) is 10.8. The fourth-order valence-corrected chi connectivity index (χ4v) is 4.64. The van der Waals surface area contributed by atoms with Gasteiger partial charge in [0.2, 0.25) is 0 Å². The molecule has 0 radical (unpaired) electrons. The quantitative estimate of drug-likeness (QED) is 0.627. The van der Waals surface area contributed by atoms with Crippen LogP contribution in [0.25, 0.3) is 11.0 Å². The molecular formula is C21H22N2O4S. The fraction of sp³-hybridized carbons (Fsp3) is 0.286. The number of sulfonamides is 1. The van der Waals surface area contributed by atoms with Crippen LogP contribution in [0, 0.1) is 6.92 Å². The van der Waals surface area contributed by atoms with Gasteiger partial charge in [0.15, 0.2) is 5.69 Å². The molecule has 0 aliphatic heterocycles. The lowest BCUT2D eigenvalue weighted by atomic mass is 10.1. The van der Waals surface area contributed by atoms with E-state index < -0.39 is 15.6 Å². The van der Waals surface area contributed by atoms with Gasteiger partial charge in [0.25, 0.3) is 10.0 Å². The number of aryl methyl sites for hydroxylation is 1. The number of hydrogen-bond acceptors (Lipinski definition) is 5.